The van der Waals surface area contributed by atoms with Gasteiger partial charge in [-0.15, -0.1) is 0 Å². The number of rotatable bonds is 1. The standard InChI is InChI=1S/C12H15NO2/c1-13-8-5-6-11-12(7-8)15-10-4-2-3-9(10)14-11/h5-7,9-10,13H,2-4H2,1H3. The fourth-order valence-corrected chi connectivity index (χ4v) is 2.34. The maximum atomic E-state index is 5.93. The number of hydrogen-bond donors (Lipinski definition) is 1. The molecule has 0 aromatic heterocycles. The van der Waals surface area contributed by atoms with Crippen LogP contribution >= 0.6 is 0 Å². The minimum Gasteiger partial charge on any atom is -0.483 e. The maximum Gasteiger partial charge on any atom is 0.163 e. The predicted octanol–water partition coefficient (Wildman–Crippen LogP) is 2.42. The minimum atomic E-state index is 0.268. The van der Waals surface area contributed by atoms with Crippen LogP contribution in [0.25, 0.3) is 0 Å². The summed E-state index contributed by atoms with van der Waals surface area (Å²) < 4.78 is 11.8. The molecule has 1 aromatic carbocycles. The Bertz CT molecular complexity index is 378. The Balaban J connectivity index is 1.93. The smallest absolute Gasteiger partial charge is 0.163 e. The first-order valence-electron chi connectivity index (χ1n) is 5.52. The second kappa shape index (κ2) is 3.33. The Morgan fingerprint density at radius 2 is 1.87 bits per heavy atom. The first-order valence-corrected chi connectivity index (χ1v) is 5.52. The van der Waals surface area contributed by atoms with E-state index in [0.717, 1.165) is 30.0 Å². The van der Waals surface area contributed by atoms with E-state index in [4.69, 9.17) is 9.47 Å². The van der Waals surface area contributed by atoms with Crippen molar-refractivity contribution in [1.82, 2.24) is 0 Å². The maximum absolute atomic E-state index is 5.93. The van der Waals surface area contributed by atoms with Gasteiger partial charge in [0.05, 0.1) is 0 Å². The van der Waals surface area contributed by atoms with Crippen LogP contribution in [-0.4, -0.2) is 19.3 Å². The van der Waals surface area contributed by atoms with Gasteiger partial charge in [0.2, 0.25) is 0 Å². The molecule has 2 aliphatic rings. The van der Waals surface area contributed by atoms with Crippen LogP contribution in [-0.2, 0) is 0 Å². The first-order chi connectivity index (χ1) is 7.36. The van der Waals surface area contributed by atoms with E-state index in [9.17, 15) is 0 Å². The monoisotopic (exact) mass is 205 g/mol. The van der Waals surface area contributed by atoms with Crippen LogP contribution in [0.1, 0.15) is 19.3 Å². The topological polar surface area (TPSA) is 30.5 Å². The summed E-state index contributed by atoms with van der Waals surface area (Å²) >= 11 is 0. The van der Waals surface area contributed by atoms with Crippen molar-refractivity contribution in [3.05, 3.63) is 18.2 Å². The lowest BCUT2D eigenvalue weighted by Gasteiger charge is -2.29. The quantitative estimate of drug-likeness (QED) is 0.763. The largest absolute Gasteiger partial charge is 0.483 e. The molecule has 3 rings (SSSR count). The van der Waals surface area contributed by atoms with E-state index in [2.05, 4.69) is 5.32 Å². The van der Waals surface area contributed by atoms with Crippen LogP contribution in [0.5, 0.6) is 11.5 Å². The molecule has 1 saturated carbocycles. The van der Waals surface area contributed by atoms with Crippen molar-refractivity contribution in [2.75, 3.05) is 12.4 Å². The molecule has 0 radical (unpaired) electrons. The van der Waals surface area contributed by atoms with Gasteiger partial charge in [0, 0.05) is 18.8 Å². The fraction of sp³-hybridized carbons (Fsp3) is 0.500. The molecule has 3 heteroatoms. The van der Waals surface area contributed by atoms with Crippen LogP contribution in [0, 0.1) is 0 Å². The highest BCUT2D eigenvalue weighted by Crippen LogP contribution is 2.40. The molecule has 15 heavy (non-hydrogen) atoms. The van der Waals surface area contributed by atoms with Crippen LogP contribution in [0.4, 0.5) is 5.69 Å². The molecule has 0 spiro atoms. The highest BCUT2D eigenvalue weighted by atomic mass is 16.6. The lowest BCUT2D eigenvalue weighted by Crippen LogP contribution is -2.34. The van der Waals surface area contributed by atoms with Gasteiger partial charge in [0.1, 0.15) is 12.2 Å². The van der Waals surface area contributed by atoms with Crippen molar-refractivity contribution >= 4 is 5.69 Å². The minimum absolute atomic E-state index is 0.268. The van der Waals surface area contributed by atoms with E-state index in [1.807, 2.05) is 25.2 Å². The Labute approximate surface area is 89.4 Å². The van der Waals surface area contributed by atoms with E-state index >= 15 is 0 Å². The van der Waals surface area contributed by atoms with E-state index in [1.54, 1.807) is 0 Å². The van der Waals surface area contributed by atoms with Gasteiger partial charge in [-0.05, 0) is 31.4 Å². The lowest BCUT2D eigenvalue weighted by molar-refractivity contribution is 0.0430. The van der Waals surface area contributed by atoms with Crippen molar-refractivity contribution in [2.24, 2.45) is 0 Å². The summed E-state index contributed by atoms with van der Waals surface area (Å²) in [6.07, 6.45) is 4.00. The van der Waals surface area contributed by atoms with Crippen molar-refractivity contribution in [2.45, 2.75) is 31.5 Å². The second-order valence-corrected chi connectivity index (χ2v) is 4.16. The molecule has 1 fully saturated rings. The summed E-state index contributed by atoms with van der Waals surface area (Å²) in [5.74, 6) is 1.77. The molecule has 0 saturated heterocycles. The molecule has 0 bridgehead atoms. The molecule has 1 aliphatic carbocycles. The molecule has 1 heterocycles. The van der Waals surface area contributed by atoms with Gasteiger partial charge in [0.15, 0.2) is 11.5 Å². The van der Waals surface area contributed by atoms with Crippen molar-refractivity contribution in [3.8, 4) is 11.5 Å². The first kappa shape index (κ1) is 8.89. The number of hydrogen-bond acceptors (Lipinski definition) is 3. The molecular formula is C12H15NO2. The number of fused-ring (bicyclic) bond motifs is 2. The number of benzene rings is 1. The number of ether oxygens (including phenoxy) is 2. The van der Waals surface area contributed by atoms with Gasteiger partial charge in [-0.3, -0.25) is 0 Å². The molecule has 0 amide bonds. The summed E-state index contributed by atoms with van der Waals surface area (Å²) in [4.78, 5) is 0. The summed E-state index contributed by atoms with van der Waals surface area (Å²) in [5.41, 5.74) is 1.06. The SMILES string of the molecule is CNc1ccc2c(c1)OC1CCCC1O2. The average molecular weight is 205 g/mol. The third-order valence-electron chi connectivity index (χ3n) is 3.18. The van der Waals surface area contributed by atoms with Crippen LogP contribution < -0.4 is 14.8 Å². The summed E-state index contributed by atoms with van der Waals surface area (Å²) in [6.45, 7) is 0. The average Bonchev–Trinajstić information content (AvgIpc) is 2.72. The second-order valence-electron chi connectivity index (χ2n) is 4.16. The molecule has 1 aliphatic heterocycles. The van der Waals surface area contributed by atoms with Crippen LogP contribution in [0.3, 0.4) is 0 Å². The zero-order valence-corrected chi connectivity index (χ0v) is 8.82. The van der Waals surface area contributed by atoms with Gasteiger partial charge in [0.25, 0.3) is 0 Å². The molecular weight excluding hydrogens is 190 g/mol. The van der Waals surface area contributed by atoms with Gasteiger partial charge >= 0.3 is 0 Å². The summed E-state index contributed by atoms with van der Waals surface area (Å²) in [7, 11) is 1.91. The third kappa shape index (κ3) is 1.42. The Kier molecular flexibility index (Phi) is 1.97. The normalized spacial score (nSPS) is 27.3. The fourth-order valence-electron chi connectivity index (χ4n) is 2.34. The lowest BCUT2D eigenvalue weighted by atomic mass is 10.2. The Morgan fingerprint density at radius 1 is 1.13 bits per heavy atom. The number of nitrogens with one attached hydrogen (secondary N) is 1. The molecule has 2 unspecified atom stereocenters. The highest BCUT2D eigenvalue weighted by molar-refractivity contribution is 5.55. The van der Waals surface area contributed by atoms with E-state index < -0.39 is 0 Å². The van der Waals surface area contributed by atoms with E-state index in [1.165, 1.54) is 6.42 Å². The van der Waals surface area contributed by atoms with Gasteiger partial charge in [-0.25, -0.2) is 0 Å². The Morgan fingerprint density at radius 3 is 2.60 bits per heavy atom. The van der Waals surface area contributed by atoms with Gasteiger partial charge in [-0.2, -0.15) is 0 Å². The summed E-state index contributed by atoms with van der Waals surface area (Å²) in [6, 6.07) is 6.00. The van der Waals surface area contributed by atoms with Gasteiger partial charge in [-0.1, -0.05) is 0 Å². The van der Waals surface area contributed by atoms with E-state index in [-0.39, 0.29) is 12.2 Å². The van der Waals surface area contributed by atoms with Crippen molar-refractivity contribution in [3.63, 3.8) is 0 Å². The zero-order valence-electron chi connectivity index (χ0n) is 8.82. The third-order valence-corrected chi connectivity index (χ3v) is 3.18. The van der Waals surface area contributed by atoms with Crippen LogP contribution in [0.2, 0.25) is 0 Å². The van der Waals surface area contributed by atoms with Gasteiger partial charge < -0.3 is 14.8 Å². The number of anilines is 1. The van der Waals surface area contributed by atoms with E-state index in [0.29, 0.717) is 0 Å². The Hall–Kier alpha value is -1.38. The van der Waals surface area contributed by atoms with Crippen molar-refractivity contribution in [1.29, 1.82) is 0 Å². The molecule has 80 valence electrons. The summed E-state index contributed by atoms with van der Waals surface area (Å²) in [5, 5.41) is 3.10. The molecule has 2 atom stereocenters. The molecule has 3 nitrogen and oxygen atoms in total. The molecule has 1 aromatic rings. The van der Waals surface area contributed by atoms with Crippen LogP contribution in [0.15, 0.2) is 18.2 Å². The predicted molar refractivity (Wildman–Crippen MR) is 58.7 cm³/mol. The zero-order chi connectivity index (χ0) is 10.3. The highest BCUT2D eigenvalue weighted by Gasteiger charge is 2.35. The molecule has 1 N–H and O–H groups in total. The van der Waals surface area contributed by atoms with Crippen molar-refractivity contribution < 1.29 is 9.47 Å².